The van der Waals surface area contributed by atoms with Crippen molar-refractivity contribution in [2.45, 2.75) is 50.7 Å². The minimum atomic E-state index is -0.316. The molecule has 7 heteroatoms. The molecule has 2 atom stereocenters. The number of hydrogen-bond donors (Lipinski definition) is 3. The molecule has 1 aromatic rings. The van der Waals surface area contributed by atoms with E-state index < -0.39 is 0 Å². The first-order valence-electron chi connectivity index (χ1n) is 7.89. The van der Waals surface area contributed by atoms with E-state index in [1.54, 1.807) is 0 Å². The molecule has 21 heavy (non-hydrogen) atoms. The predicted molar refractivity (Wildman–Crippen MR) is 82.7 cm³/mol. The van der Waals surface area contributed by atoms with Crippen molar-refractivity contribution in [2.24, 2.45) is 0 Å². The SMILES string of the molecule is CNc1nc(NC2CCCCC2O)nc(N2CCCC2)n1. The largest absolute Gasteiger partial charge is 0.391 e. The van der Waals surface area contributed by atoms with Crippen LogP contribution in [-0.2, 0) is 0 Å². The smallest absolute Gasteiger partial charge is 0.231 e. The Bertz CT molecular complexity index is 477. The second kappa shape index (κ2) is 6.43. The summed E-state index contributed by atoms with van der Waals surface area (Å²) in [5.74, 6) is 1.85. The maximum atomic E-state index is 10.1. The van der Waals surface area contributed by atoms with Gasteiger partial charge in [0.25, 0.3) is 0 Å². The highest BCUT2D eigenvalue weighted by atomic mass is 16.3. The maximum absolute atomic E-state index is 10.1. The molecule has 1 saturated heterocycles. The maximum Gasteiger partial charge on any atom is 0.231 e. The Morgan fingerprint density at radius 1 is 1.00 bits per heavy atom. The molecular weight excluding hydrogens is 268 g/mol. The van der Waals surface area contributed by atoms with Gasteiger partial charge in [0.15, 0.2) is 0 Å². The number of aromatic nitrogens is 3. The van der Waals surface area contributed by atoms with Crippen LogP contribution in [0.2, 0.25) is 0 Å². The van der Waals surface area contributed by atoms with Crippen LogP contribution in [0.3, 0.4) is 0 Å². The lowest BCUT2D eigenvalue weighted by Crippen LogP contribution is -2.37. The van der Waals surface area contributed by atoms with E-state index in [0.717, 1.165) is 44.7 Å². The molecule has 7 nitrogen and oxygen atoms in total. The zero-order valence-electron chi connectivity index (χ0n) is 12.5. The van der Waals surface area contributed by atoms with Crippen LogP contribution in [0.15, 0.2) is 0 Å². The summed E-state index contributed by atoms with van der Waals surface area (Å²) in [6.07, 6.45) is 6.09. The predicted octanol–water partition coefficient (Wildman–Crippen LogP) is 1.23. The zero-order chi connectivity index (χ0) is 14.7. The summed E-state index contributed by atoms with van der Waals surface area (Å²) >= 11 is 0. The molecule has 2 aliphatic rings. The number of anilines is 3. The third-order valence-electron chi connectivity index (χ3n) is 4.28. The molecule has 0 aromatic carbocycles. The van der Waals surface area contributed by atoms with Crippen molar-refractivity contribution in [1.29, 1.82) is 0 Å². The molecule has 2 unspecified atom stereocenters. The van der Waals surface area contributed by atoms with Gasteiger partial charge in [-0.3, -0.25) is 0 Å². The van der Waals surface area contributed by atoms with E-state index in [0.29, 0.717) is 11.9 Å². The second-order valence-electron chi connectivity index (χ2n) is 5.83. The van der Waals surface area contributed by atoms with Crippen LogP contribution >= 0.6 is 0 Å². The summed E-state index contributed by atoms with van der Waals surface area (Å²) in [5.41, 5.74) is 0. The standard InChI is InChI=1S/C14H24N6O/c1-15-12-17-13(16-10-6-2-3-7-11(10)21)19-14(18-12)20-8-4-5-9-20/h10-11,21H,2-9H2,1H3,(H2,15,16,17,18,19). The number of aliphatic hydroxyl groups is 1. The molecule has 1 aliphatic carbocycles. The number of nitrogens with one attached hydrogen (secondary N) is 2. The summed E-state index contributed by atoms with van der Waals surface area (Å²) in [6, 6.07) is 0.0392. The van der Waals surface area contributed by atoms with Crippen LogP contribution in [0.5, 0.6) is 0 Å². The van der Waals surface area contributed by atoms with Crippen molar-refractivity contribution in [3.63, 3.8) is 0 Å². The van der Waals surface area contributed by atoms with Crippen molar-refractivity contribution < 1.29 is 5.11 Å². The van der Waals surface area contributed by atoms with E-state index in [1.807, 2.05) is 7.05 Å². The third-order valence-corrected chi connectivity index (χ3v) is 4.28. The lowest BCUT2D eigenvalue weighted by Gasteiger charge is -2.28. The van der Waals surface area contributed by atoms with Crippen LogP contribution in [0.1, 0.15) is 38.5 Å². The molecule has 1 aliphatic heterocycles. The van der Waals surface area contributed by atoms with Crippen molar-refractivity contribution in [2.75, 3.05) is 35.7 Å². The minimum Gasteiger partial charge on any atom is -0.391 e. The molecule has 2 heterocycles. The van der Waals surface area contributed by atoms with Gasteiger partial charge in [0.05, 0.1) is 12.1 Å². The lowest BCUT2D eigenvalue weighted by molar-refractivity contribution is 0.116. The van der Waals surface area contributed by atoms with E-state index in [1.165, 1.54) is 12.8 Å². The Morgan fingerprint density at radius 3 is 2.43 bits per heavy atom. The Morgan fingerprint density at radius 2 is 1.71 bits per heavy atom. The molecule has 0 radical (unpaired) electrons. The molecule has 3 N–H and O–H groups in total. The Hall–Kier alpha value is -1.63. The molecular formula is C14H24N6O. The fraction of sp³-hybridized carbons (Fsp3) is 0.786. The van der Waals surface area contributed by atoms with E-state index in [4.69, 9.17) is 0 Å². The molecule has 0 spiro atoms. The summed E-state index contributed by atoms with van der Waals surface area (Å²) < 4.78 is 0. The monoisotopic (exact) mass is 292 g/mol. The first kappa shape index (κ1) is 14.3. The first-order chi connectivity index (χ1) is 10.3. The number of hydrogen-bond acceptors (Lipinski definition) is 7. The Kier molecular flexibility index (Phi) is 4.38. The van der Waals surface area contributed by atoms with Crippen LogP contribution in [0.25, 0.3) is 0 Å². The lowest BCUT2D eigenvalue weighted by atomic mass is 9.93. The highest BCUT2D eigenvalue weighted by Gasteiger charge is 2.24. The highest BCUT2D eigenvalue weighted by Crippen LogP contribution is 2.23. The van der Waals surface area contributed by atoms with E-state index in [9.17, 15) is 5.11 Å². The van der Waals surface area contributed by atoms with Gasteiger partial charge in [-0.25, -0.2) is 0 Å². The zero-order valence-corrected chi connectivity index (χ0v) is 12.5. The van der Waals surface area contributed by atoms with Crippen molar-refractivity contribution in [1.82, 2.24) is 15.0 Å². The molecule has 0 bridgehead atoms. The molecule has 116 valence electrons. The second-order valence-corrected chi connectivity index (χ2v) is 5.83. The van der Waals surface area contributed by atoms with Crippen LogP contribution in [0.4, 0.5) is 17.8 Å². The van der Waals surface area contributed by atoms with Crippen LogP contribution in [-0.4, -0.2) is 52.3 Å². The van der Waals surface area contributed by atoms with Gasteiger partial charge in [0, 0.05) is 20.1 Å². The fourth-order valence-electron chi connectivity index (χ4n) is 3.05. The van der Waals surface area contributed by atoms with Crippen LogP contribution < -0.4 is 15.5 Å². The van der Waals surface area contributed by atoms with Gasteiger partial charge in [0.1, 0.15) is 0 Å². The summed E-state index contributed by atoms with van der Waals surface area (Å²) in [7, 11) is 1.81. The normalized spacial score (nSPS) is 25.9. The van der Waals surface area contributed by atoms with Crippen LogP contribution in [0, 0.1) is 0 Å². The molecule has 1 aromatic heterocycles. The van der Waals surface area contributed by atoms with E-state index in [2.05, 4.69) is 30.5 Å². The first-order valence-corrected chi connectivity index (χ1v) is 7.89. The van der Waals surface area contributed by atoms with Gasteiger partial charge in [-0.15, -0.1) is 0 Å². The number of rotatable bonds is 4. The van der Waals surface area contributed by atoms with Crippen molar-refractivity contribution in [3.8, 4) is 0 Å². The summed E-state index contributed by atoms with van der Waals surface area (Å²) in [6.45, 7) is 2.00. The highest BCUT2D eigenvalue weighted by molar-refractivity contribution is 5.44. The van der Waals surface area contributed by atoms with E-state index in [-0.39, 0.29) is 12.1 Å². The van der Waals surface area contributed by atoms with Crippen molar-refractivity contribution >= 4 is 17.8 Å². The minimum absolute atomic E-state index is 0.0392. The molecule has 1 saturated carbocycles. The number of nitrogens with zero attached hydrogens (tertiary/aromatic N) is 4. The number of aliphatic hydroxyl groups excluding tert-OH is 1. The van der Waals surface area contributed by atoms with E-state index >= 15 is 0 Å². The van der Waals surface area contributed by atoms with Gasteiger partial charge < -0.3 is 20.6 Å². The van der Waals surface area contributed by atoms with Gasteiger partial charge in [-0.1, -0.05) is 12.8 Å². The molecule has 0 amide bonds. The van der Waals surface area contributed by atoms with Crippen molar-refractivity contribution in [3.05, 3.63) is 0 Å². The summed E-state index contributed by atoms with van der Waals surface area (Å²) in [4.78, 5) is 15.5. The van der Waals surface area contributed by atoms with Gasteiger partial charge in [-0.05, 0) is 25.7 Å². The summed E-state index contributed by atoms with van der Waals surface area (Å²) in [5, 5.41) is 16.4. The fourth-order valence-corrected chi connectivity index (χ4v) is 3.05. The third kappa shape index (κ3) is 3.34. The average molecular weight is 292 g/mol. The Labute approximate surface area is 125 Å². The molecule has 2 fully saturated rings. The van der Waals surface area contributed by atoms with Gasteiger partial charge in [0.2, 0.25) is 17.8 Å². The quantitative estimate of drug-likeness (QED) is 0.769. The topological polar surface area (TPSA) is 86.2 Å². The molecule has 3 rings (SSSR count). The Balaban J connectivity index is 1.78. The van der Waals surface area contributed by atoms with Gasteiger partial charge in [-0.2, -0.15) is 15.0 Å². The average Bonchev–Trinajstić information content (AvgIpc) is 3.04. The van der Waals surface area contributed by atoms with Gasteiger partial charge >= 0.3 is 0 Å².